The number of alkyl halides is 3. The predicted octanol–water partition coefficient (Wildman–Crippen LogP) is 3.59. The van der Waals surface area contributed by atoms with E-state index in [1.807, 2.05) is 0 Å². The molecule has 2 rings (SSSR count). The average molecular weight is 245 g/mol. The van der Waals surface area contributed by atoms with Crippen LogP contribution in [0, 0.1) is 12.8 Å². The van der Waals surface area contributed by atoms with Gasteiger partial charge in [0.2, 0.25) is 5.88 Å². The SMILES string of the molecule is Cc1ccc(C(F)(F)F)nc1OCC1CCC1. The largest absolute Gasteiger partial charge is 0.477 e. The number of hydrogen-bond acceptors (Lipinski definition) is 2. The van der Waals surface area contributed by atoms with Crippen LogP contribution in [-0.2, 0) is 6.18 Å². The first-order chi connectivity index (χ1) is 7.97. The molecule has 0 bridgehead atoms. The molecule has 1 aliphatic carbocycles. The molecule has 0 spiro atoms. The van der Waals surface area contributed by atoms with Crippen molar-refractivity contribution in [3.05, 3.63) is 23.4 Å². The normalized spacial score (nSPS) is 16.7. The summed E-state index contributed by atoms with van der Waals surface area (Å²) in [5.74, 6) is 0.581. The molecule has 0 aliphatic heterocycles. The van der Waals surface area contributed by atoms with Crippen LogP contribution in [0.2, 0.25) is 0 Å². The molecular weight excluding hydrogens is 231 g/mol. The number of halogens is 3. The molecule has 1 fully saturated rings. The molecule has 1 aromatic rings. The van der Waals surface area contributed by atoms with Crippen LogP contribution in [-0.4, -0.2) is 11.6 Å². The van der Waals surface area contributed by atoms with Gasteiger partial charge in [-0.25, -0.2) is 4.98 Å². The van der Waals surface area contributed by atoms with E-state index in [-0.39, 0.29) is 5.88 Å². The van der Waals surface area contributed by atoms with Gasteiger partial charge in [0.15, 0.2) is 0 Å². The molecule has 1 saturated carbocycles. The molecular formula is C12H14F3NO. The van der Waals surface area contributed by atoms with Crippen LogP contribution in [0.25, 0.3) is 0 Å². The second-order valence-electron chi connectivity index (χ2n) is 4.42. The molecule has 17 heavy (non-hydrogen) atoms. The third-order valence-corrected chi connectivity index (χ3v) is 3.02. The summed E-state index contributed by atoms with van der Waals surface area (Å²) < 4.78 is 42.7. The quantitative estimate of drug-likeness (QED) is 0.811. The summed E-state index contributed by atoms with van der Waals surface area (Å²) in [6, 6.07) is 2.37. The first-order valence-electron chi connectivity index (χ1n) is 5.64. The topological polar surface area (TPSA) is 22.1 Å². The van der Waals surface area contributed by atoms with E-state index < -0.39 is 11.9 Å². The number of aromatic nitrogens is 1. The summed E-state index contributed by atoms with van der Waals surface area (Å²) in [4.78, 5) is 3.53. The monoisotopic (exact) mass is 245 g/mol. The van der Waals surface area contributed by atoms with Gasteiger partial charge >= 0.3 is 6.18 Å². The Kier molecular flexibility index (Phi) is 3.26. The lowest BCUT2D eigenvalue weighted by molar-refractivity contribution is -0.141. The maximum atomic E-state index is 12.5. The molecule has 0 saturated heterocycles. The van der Waals surface area contributed by atoms with E-state index in [9.17, 15) is 13.2 Å². The molecule has 0 unspecified atom stereocenters. The van der Waals surface area contributed by atoms with Crippen molar-refractivity contribution in [2.45, 2.75) is 32.4 Å². The lowest BCUT2D eigenvalue weighted by Crippen LogP contribution is -2.20. The Balaban J connectivity index is 2.08. The van der Waals surface area contributed by atoms with Crippen molar-refractivity contribution in [1.82, 2.24) is 4.98 Å². The lowest BCUT2D eigenvalue weighted by atomic mass is 9.86. The average Bonchev–Trinajstić information content (AvgIpc) is 2.16. The van der Waals surface area contributed by atoms with E-state index >= 15 is 0 Å². The second kappa shape index (κ2) is 4.55. The number of rotatable bonds is 3. The van der Waals surface area contributed by atoms with Gasteiger partial charge in [-0.2, -0.15) is 13.2 Å². The van der Waals surface area contributed by atoms with Crippen LogP contribution in [0.4, 0.5) is 13.2 Å². The predicted molar refractivity (Wildman–Crippen MR) is 56.8 cm³/mol. The van der Waals surface area contributed by atoms with Crippen LogP contribution in [0.5, 0.6) is 5.88 Å². The van der Waals surface area contributed by atoms with Gasteiger partial charge in [0.05, 0.1) is 6.61 Å². The highest BCUT2D eigenvalue weighted by Crippen LogP contribution is 2.31. The van der Waals surface area contributed by atoms with Gasteiger partial charge in [-0.15, -0.1) is 0 Å². The molecule has 0 N–H and O–H groups in total. The molecule has 0 amide bonds. The van der Waals surface area contributed by atoms with E-state index in [1.165, 1.54) is 12.5 Å². The van der Waals surface area contributed by atoms with E-state index in [1.54, 1.807) is 6.92 Å². The summed E-state index contributed by atoms with van der Waals surface area (Å²) in [6.45, 7) is 2.17. The van der Waals surface area contributed by atoms with Crippen molar-refractivity contribution in [2.24, 2.45) is 5.92 Å². The molecule has 2 nitrogen and oxygen atoms in total. The van der Waals surface area contributed by atoms with Gasteiger partial charge in [0.1, 0.15) is 5.69 Å². The Labute approximate surface area is 97.8 Å². The molecule has 1 aliphatic rings. The minimum Gasteiger partial charge on any atom is -0.477 e. The van der Waals surface area contributed by atoms with E-state index in [2.05, 4.69) is 4.98 Å². The number of pyridine rings is 1. The fourth-order valence-electron chi connectivity index (χ4n) is 1.67. The van der Waals surface area contributed by atoms with Crippen molar-refractivity contribution in [3.8, 4) is 5.88 Å². The number of nitrogens with zero attached hydrogens (tertiary/aromatic N) is 1. The maximum Gasteiger partial charge on any atom is 0.433 e. The van der Waals surface area contributed by atoms with Crippen LogP contribution in [0.1, 0.15) is 30.5 Å². The standard InChI is InChI=1S/C12H14F3NO/c1-8-5-6-10(12(13,14)15)16-11(8)17-7-9-3-2-4-9/h5-6,9H,2-4,7H2,1H3. The minimum atomic E-state index is -4.41. The number of hydrogen-bond donors (Lipinski definition) is 0. The summed E-state index contributed by atoms with van der Waals surface area (Å²) in [5.41, 5.74) is -0.260. The van der Waals surface area contributed by atoms with Crippen molar-refractivity contribution in [3.63, 3.8) is 0 Å². The Hall–Kier alpha value is -1.26. The van der Waals surface area contributed by atoms with E-state index in [0.29, 0.717) is 18.1 Å². The van der Waals surface area contributed by atoms with Gasteiger partial charge in [0, 0.05) is 5.56 Å². The van der Waals surface area contributed by atoms with E-state index in [0.717, 1.165) is 18.9 Å². The maximum absolute atomic E-state index is 12.5. The minimum absolute atomic E-state index is 0.103. The Morgan fingerprint density at radius 3 is 2.59 bits per heavy atom. The van der Waals surface area contributed by atoms with Crippen molar-refractivity contribution in [2.75, 3.05) is 6.61 Å². The number of aryl methyl sites for hydroxylation is 1. The summed E-state index contributed by atoms with van der Waals surface area (Å²) >= 11 is 0. The second-order valence-corrected chi connectivity index (χ2v) is 4.42. The van der Waals surface area contributed by atoms with E-state index in [4.69, 9.17) is 4.74 Å². The molecule has 1 heterocycles. The molecule has 0 atom stereocenters. The molecule has 5 heteroatoms. The number of ether oxygens (including phenoxy) is 1. The van der Waals surface area contributed by atoms with Crippen LogP contribution >= 0.6 is 0 Å². The Morgan fingerprint density at radius 2 is 2.06 bits per heavy atom. The fraction of sp³-hybridized carbons (Fsp3) is 0.583. The zero-order chi connectivity index (χ0) is 12.5. The van der Waals surface area contributed by atoms with Gasteiger partial charge in [-0.3, -0.25) is 0 Å². The van der Waals surface area contributed by atoms with Gasteiger partial charge < -0.3 is 4.74 Å². The zero-order valence-corrected chi connectivity index (χ0v) is 9.55. The van der Waals surface area contributed by atoms with Crippen molar-refractivity contribution < 1.29 is 17.9 Å². The third-order valence-electron chi connectivity index (χ3n) is 3.02. The highest BCUT2D eigenvalue weighted by Gasteiger charge is 2.33. The van der Waals surface area contributed by atoms with Crippen LogP contribution < -0.4 is 4.74 Å². The van der Waals surface area contributed by atoms with Crippen molar-refractivity contribution in [1.29, 1.82) is 0 Å². The Bertz CT molecular complexity index is 399. The van der Waals surface area contributed by atoms with Crippen molar-refractivity contribution >= 4 is 0 Å². The fourth-order valence-corrected chi connectivity index (χ4v) is 1.67. The molecule has 1 aromatic heterocycles. The summed E-state index contributed by atoms with van der Waals surface area (Å²) in [7, 11) is 0. The molecule has 0 radical (unpaired) electrons. The zero-order valence-electron chi connectivity index (χ0n) is 9.55. The molecule has 94 valence electrons. The molecule has 0 aromatic carbocycles. The highest BCUT2D eigenvalue weighted by atomic mass is 19.4. The first-order valence-corrected chi connectivity index (χ1v) is 5.64. The smallest absolute Gasteiger partial charge is 0.433 e. The highest BCUT2D eigenvalue weighted by molar-refractivity contribution is 5.27. The third kappa shape index (κ3) is 2.90. The lowest BCUT2D eigenvalue weighted by Gasteiger charge is -2.25. The van der Waals surface area contributed by atoms with Gasteiger partial charge in [0.25, 0.3) is 0 Å². The van der Waals surface area contributed by atoms with Gasteiger partial charge in [-0.1, -0.05) is 12.5 Å². The summed E-state index contributed by atoms with van der Waals surface area (Å²) in [6.07, 6.45) is -1.04. The Morgan fingerprint density at radius 1 is 1.35 bits per heavy atom. The van der Waals surface area contributed by atoms with Crippen LogP contribution in [0.3, 0.4) is 0 Å². The summed E-state index contributed by atoms with van der Waals surface area (Å²) in [5, 5.41) is 0. The first kappa shape index (κ1) is 12.2. The van der Waals surface area contributed by atoms with Crippen LogP contribution in [0.15, 0.2) is 12.1 Å². The van der Waals surface area contributed by atoms with Gasteiger partial charge in [-0.05, 0) is 31.7 Å².